The molecular weight excluding hydrogens is 284 g/mol. The molecule has 2 rings (SSSR count). The highest BCUT2D eigenvalue weighted by Crippen LogP contribution is 2.35. The van der Waals surface area contributed by atoms with Crippen molar-refractivity contribution in [2.75, 3.05) is 0 Å². The van der Waals surface area contributed by atoms with Gasteiger partial charge in [0.15, 0.2) is 0 Å². The summed E-state index contributed by atoms with van der Waals surface area (Å²) < 4.78 is 2.30. The zero-order valence-electron chi connectivity index (χ0n) is 13.4. The molecule has 1 unspecified atom stereocenters. The first-order valence-corrected chi connectivity index (χ1v) is 8.23. The van der Waals surface area contributed by atoms with Gasteiger partial charge in [-0.2, -0.15) is 0 Å². The Morgan fingerprint density at radius 1 is 1.29 bits per heavy atom. The van der Waals surface area contributed by atoms with Crippen LogP contribution in [0.4, 0.5) is 0 Å². The molecule has 2 aromatic rings. The maximum absolute atomic E-state index is 10.1. The van der Waals surface area contributed by atoms with Crippen LogP contribution in [0, 0.1) is 6.92 Å². The van der Waals surface area contributed by atoms with Gasteiger partial charge in [-0.1, -0.05) is 38.3 Å². The molecule has 0 spiro atoms. The van der Waals surface area contributed by atoms with E-state index < -0.39 is 6.10 Å². The number of aliphatic hydroxyl groups is 1. The highest BCUT2D eigenvalue weighted by molar-refractivity contribution is 6.34. The van der Waals surface area contributed by atoms with Crippen molar-refractivity contribution >= 4 is 22.5 Å². The van der Waals surface area contributed by atoms with E-state index in [1.54, 1.807) is 6.92 Å². The number of pyridine rings is 1. The Morgan fingerprint density at radius 2 is 1.90 bits per heavy atom. The fraction of sp³-hybridized carbons (Fsp3) is 0.588. The van der Waals surface area contributed by atoms with Gasteiger partial charge in [-0.05, 0) is 32.8 Å². The van der Waals surface area contributed by atoms with Crippen LogP contribution in [0.2, 0.25) is 5.15 Å². The maximum Gasteiger partial charge on any atom is 0.139 e. The van der Waals surface area contributed by atoms with E-state index in [9.17, 15) is 5.11 Å². The Bertz CT molecular complexity index is 613. The molecule has 0 aliphatic carbocycles. The highest BCUT2D eigenvalue weighted by atomic mass is 35.5. The average Bonchev–Trinajstić information content (AvgIpc) is 2.78. The summed E-state index contributed by atoms with van der Waals surface area (Å²) in [5.41, 5.74) is 2.88. The van der Waals surface area contributed by atoms with E-state index in [-0.39, 0.29) is 0 Å². The standard InChI is InChI=1S/C17H25ClN2O/c1-5-7-13(8-6-2)20-10-14(12(4)21)16-15(20)9-11(3)19-17(16)18/h9-10,12-13,21H,5-8H2,1-4H3. The van der Waals surface area contributed by atoms with Crippen molar-refractivity contribution < 1.29 is 5.11 Å². The molecule has 116 valence electrons. The van der Waals surface area contributed by atoms with E-state index in [1.807, 2.05) is 6.92 Å². The number of aromatic nitrogens is 2. The van der Waals surface area contributed by atoms with Gasteiger partial charge in [0.25, 0.3) is 0 Å². The highest BCUT2D eigenvalue weighted by Gasteiger charge is 2.20. The number of nitrogens with zero attached hydrogens (tertiary/aromatic N) is 2. The molecule has 0 aliphatic heterocycles. The van der Waals surface area contributed by atoms with E-state index in [1.165, 1.54) is 0 Å². The largest absolute Gasteiger partial charge is 0.389 e. The van der Waals surface area contributed by atoms with Crippen molar-refractivity contribution in [3.05, 3.63) is 28.7 Å². The minimum Gasteiger partial charge on any atom is -0.389 e. The van der Waals surface area contributed by atoms with Gasteiger partial charge in [0.1, 0.15) is 5.15 Å². The number of rotatable bonds is 6. The van der Waals surface area contributed by atoms with Crippen molar-refractivity contribution in [2.45, 2.75) is 65.5 Å². The van der Waals surface area contributed by atoms with E-state index in [4.69, 9.17) is 11.6 Å². The van der Waals surface area contributed by atoms with Crippen molar-refractivity contribution in [3.63, 3.8) is 0 Å². The first-order valence-electron chi connectivity index (χ1n) is 7.85. The molecule has 0 aliphatic rings. The van der Waals surface area contributed by atoms with Crippen LogP contribution in [0.15, 0.2) is 12.3 Å². The van der Waals surface area contributed by atoms with Crippen molar-refractivity contribution in [1.82, 2.24) is 9.55 Å². The lowest BCUT2D eigenvalue weighted by atomic mass is 10.1. The minimum absolute atomic E-state index is 0.452. The lowest BCUT2D eigenvalue weighted by Crippen LogP contribution is -2.07. The SMILES string of the molecule is CCCC(CCC)n1cc(C(C)O)c2c(Cl)nc(C)cc21. The number of halogens is 1. The Balaban J connectivity index is 2.67. The van der Waals surface area contributed by atoms with Crippen LogP contribution < -0.4 is 0 Å². The Labute approximate surface area is 131 Å². The van der Waals surface area contributed by atoms with Gasteiger partial charge in [0.2, 0.25) is 0 Å². The van der Waals surface area contributed by atoms with Crippen LogP contribution in [0.25, 0.3) is 10.9 Å². The zero-order valence-corrected chi connectivity index (χ0v) is 14.1. The number of hydrogen-bond acceptors (Lipinski definition) is 2. The van der Waals surface area contributed by atoms with Gasteiger partial charge < -0.3 is 9.67 Å². The predicted octanol–water partition coefficient (Wildman–Crippen LogP) is 5.19. The third-order valence-corrected chi connectivity index (χ3v) is 4.29. The van der Waals surface area contributed by atoms with Crippen molar-refractivity contribution in [3.8, 4) is 0 Å². The summed E-state index contributed by atoms with van der Waals surface area (Å²) in [5.74, 6) is 0. The summed E-state index contributed by atoms with van der Waals surface area (Å²) >= 11 is 6.35. The van der Waals surface area contributed by atoms with Crippen LogP contribution >= 0.6 is 11.6 Å². The minimum atomic E-state index is -0.542. The summed E-state index contributed by atoms with van der Waals surface area (Å²) in [6, 6.07) is 2.53. The summed E-state index contributed by atoms with van der Waals surface area (Å²) in [6.45, 7) is 8.16. The lowest BCUT2D eigenvalue weighted by molar-refractivity contribution is 0.200. The molecule has 0 aromatic carbocycles. The van der Waals surface area contributed by atoms with E-state index in [0.717, 1.165) is 47.8 Å². The summed E-state index contributed by atoms with van der Waals surface area (Å²) in [7, 11) is 0. The molecule has 4 heteroatoms. The van der Waals surface area contributed by atoms with E-state index in [2.05, 4.69) is 35.7 Å². The Morgan fingerprint density at radius 3 is 2.43 bits per heavy atom. The van der Waals surface area contributed by atoms with Crippen LogP contribution in [0.1, 0.15) is 69.9 Å². The van der Waals surface area contributed by atoms with Gasteiger partial charge in [-0.15, -0.1) is 0 Å². The molecule has 0 saturated carbocycles. The zero-order chi connectivity index (χ0) is 15.6. The molecule has 0 fully saturated rings. The van der Waals surface area contributed by atoms with Gasteiger partial charge in [-0.25, -0.2) is 4.98 Å². The molecule has 0 amide bonds. The average molecular weight is 309 g/mol. The predicted molar refractivity (Wildman–Crippen MR) is 89.0 cm³/mol. The molecule has 0 radical (unpaired) electrons. The Hall–Kier alpha value is -1.06. The Kier molecular flexibility index (Phi) is 5.28. The summed E-state index contributed by atoms with van der Waals surface area (Å²) in [6.07, 6.45) is 6.09. The normalized spacial score (nSPS) is 13.3. The van der Waals surface area contributed by atoms with Crippen molar-refractivity contribution in [1.29, 1.82) is 0 Å². The second-order valence-corrected chi connectivity index (χ2v) is 6.21. The monoisotopic (exact) mass is 308 g/mol. The first kappa shape index (κ1) is 16.3. The van der Waals surface area contributed by atoms with Crippen molar-refractivity contribution in [2.24, 2.45) is 0 Å². The van der Waals surface area contributed by atoms with E-state index in [0.29, 0.717) is 11.2 Å². The van der Waals surface area contributed by atoms with Crippen LogP contribution in [0.3, 0.4) is 0 Å². The number of aliphatic hydroxyl groups excluding tert-OH is 1. The molecule has 1 N–H and O–H groups in total. The number of fused-ring (bicyclic) bond motifs is 1. The molecular formula is C17H25ClN2O. The second kappa shape index (κ2) is 6.80. The van der Waals surface area contributed by atoms with Crippen LogP contribution in [-0.2, 0) is 0 Å². The molecule has 3 nitrogen and oxygen atoms in total. The number of aryl methyl sites for hydroxylation is 1. The first-order chi connectivity index (χ1) is 9.99. The van der Waals surface area contributed by atoms with Crippen LogP contribution in [0.5, 0.6) is 0 Å². The van der Waals surface area contributed by atoms with Gasteiger partial charge >= 0.3 is 0 Å². The smallest absolute Gasteiger partial charge is 0.139 e. The van der Waals surface area contributed by atoms with Gasteiger partial charge in [0.05, 0.1) is 11.6 Å². The second-order valence-electron chi connectivity index (χ2n) is 5.85. The molecule has 21 heavy (non-hydrogen) atoms. The van der Waals surface area contributed by atoms with Gasteiger partial charge in [-0.3, -0.25) is 0 Å². The molecule has 2 heterocycles. The maximum atomic E-state index is 10.1. The third-order valence-electron chi connectivity index (χ3n) is 4.01. The van der Waals surface area contributed by atoms with E-state index >= 15 is 0 Å². The topological polar surface area (TPSA) is 38.0 Å². The van der Waals surface area contributed by atoms with Crippen LogP contribution in [-0.4, -0.2) is 14.7 Å². The third kappa shape index (κ3) is 3.24. The van der Waals surface area contributed by atoms with Gasteiger partial charge in [0, 0.05) is 28.9 Å². The lowest BCUT2D eigenvalue weighted by Gasteiger charge is -2.19. The number of hydrogen-bond donors (Lipinski definition) is 1. The summed E-state index contributed by atoms with van der Waals surface area (Å²) in [4.78, 5) is 4.35. The molecule has 0 bridgehead atoms. The summed E-state index contributed by atoms with van der Waals surface area (Å²) in [5, 5.41) is 11.5. The molecule has 2 aromatic heterocycles. The molecule has 0 saturated heterocycles. The molecule has 1 atom stereocenters. The fourth-order valence-corrected chi connectivity index (χ4v) is 3.42. The fourth-order valence-electron chi connectivity index (χ4n) is 3.08. The quantitative estimate of drug-likeness (QED) is 0.745.